The summed E-state index contributed by atoms with van der Waals surface area (Å²) in [4.78, 5) is 0.112. The largest absolute Gasteiger partial charge is 0.493 e. The molecule has 112 valence electrons. The molecule has 4 nitrogen and oxygen atoms in total. The Hall–Kier alpha value is -1.33. The Morgan fingerprint density at radius 2 is 2.00 bits per heavy atom. The van der Waals surface area contributed by atoms with Crippen molar-refractivity contribution >= 4 is 10.0 Å². The van der Waals surface area contributed by atoms with E-state index in [0.29, 0.717) is 12.4 Å². The predicted molar refractivity (Wildman–Crippen MR) is 81.4 cm³/mol. The molecule has 5 heteroatoms. The van der Waals surface area contributed by atoms with Crippen LogP contribution >= 0.6 is 0 Å². The van der Waals surface area contributed by atoms with Crippen LogP contribution in [0.25, 0.3) is 0 Å². The molecule has 0 fully saturated rings. The average Bonchev–Trinajstić information content (AvgIpc) is 2.32. The third-order valence-corrected chi connectivity index (χ3v) is 3.81. The average molecular weight is 297 g/mol. The van der Waals surface area contributed by atoms with Crippen molar-refractivity contribution < 1.29 is 13.2 Å². The van der Waals surface area contributed by atoms with Crippen LogP contribution in [0.4, 0.5) is 0 Å². The molecule has 0 radical (unpaired) electrons. The van der Waals surface area contributed by atoms with Gasteiger partial charge in [-0.2, -0.15) is 0 Å². The molecule has 0 amide bonds. The lowest BCUT2D eigenvalue weighted by atomic mass is 9.86. The van der Waals surface area contributed by atoms with E-state index in [1.54, 1.807) is 12.1 Å². The van der Waals surface area contributed by atoms with Gasteiger partial charge in [0, 0.05) is 5.56 Å². The fourth-order valence-electron chi connectivity index (χ4n) is 1.81. The predicted octanol–water partition coefficient (Wildman–Crippen LogP) is 2.98. The van der Waals surface area contributed by atoms with Crippen molar-refractivity contribution in [2.45, 2.75) is 43.9 Å². The molecule has 0 aliphatic carbocycles. The molecular weight excluding hydrogens is 274 g/mol. The number of ether oxygens (including phenoxy) is 1. The number of nitrogens with two attached hydrogens (primary N) is 1. The molecule has 0 aromatic heterocycles. The highest BCUT2D eigenvalue weighted by Gasteiger charge is 2.21. The number of benzene rings is 1. The number of hydrogen-bond donors (Lipinski definition) is 1. The molecule has 2 N–H and O–H groups in total. The minimum absolute atomic E-state index is 0.112. The van der Waals surface area contributed by atoms with Gasteiger partial charge in [0.15, 0.2) is 0 Å². The molecule has 0 saturated carbocycles. The normalized spacial score (nSPS) is 12.2. The Bertz CT molecular complexity index is 571. The molecule has 0 spiro atoms. The molecule has 0 aliphatic heterocycles. The van der Waals surface area contributed by atoms with Gasteiger partial charge in [0.05, 0.1) is 11.5 Å². The third-order valence-electron chi connectivity index (χ3n) is 2.90. The summed E-state index contributed by atoms with van der Waals surface area (Å²) in [5.41, 5.74) is 0.608. The van der Waals surface area contributed by atoms with E-state index in [9.17, 15) is 8.42 Å². The smallest absolute Gasteiger partial charge is 0.238 e. The Morgan fingerprint density at radius 1 is 1.35 bits per heavy atom. The number of primary sulfonamides is 1. The standard InChI is InChI=1S/C15H23NO3S/c1-5-6-7-10-19-14-9-8-12(20(16,17)18)11-13(14)15(2,3)4/h5,8-9,11H,1,6-7,10H2,2-4H3,(H2,16,17,18). The molecular formula is C15H23NO3S. The van der Waals surface area contributed by atoms with Gasteiger partial charge < -0.3 is 4.74 Å². The number of hydrogen-bond acceptors (Lipinski definition) is 3. The number of rotatable bonds is 6. The first-order chi connectivity index (χ1) is 9.16. The lowest BCUT2D eigenvalue weighted by molar-refractivity contribution is 0.303. The molecule has 1 rings (SSSR count). The summed E-state index contributed by atoms with van der Waals surface area (Å²) >= 11 is 0. The molecule has 0 bridgehead atoms. The van der Waals surface area contributed by atoms with Crippen LogP contribution in [-0.4, -0.2) is 15.0 Å². The van der Waals surface area contributed by atoms with Crippen LogP contribution < -0.4 is 9.88 Å². The van der Waals surface area contributed by atoms with Crippen molar-refractivity contribution in [3.8, 4) is 5.75 Å². The topological polar surface area (TPSA) is 69.4 Å². The molecule has 20 heavy (non-hydrogen) atoms. The van der Waals surface area contributed by atoms with E-state index < -0.39 is 10.0 Å². The van der Waals surface area contributed by atoms with Gasteiger partial charge in [-0.05, 0) is 36.5 Å². The van der Waals surface area contributed by atoms with E-state index >= 15 is 0 Å². The molecule has 0 aliphatic rings. The van der Waals surface area contributed by atoms with Crippen LogP contribution in [0.3, 0.4) is 0 Å². The summed E-state index contributed by atoms with van der Waals surface area (Å²) in [5, 5.41) is 5.18. The van der Waals surface area contributed by atoms with E-state index in [2.05, 4.69) is 6.58 Å². The van der Waals surface area contributed by atoms with Crippen molar-refractivity contribution in [1.82, 2.24) is 0 Å². The monoisotopic (exact) mass is 297 g/mol. The summed E-state index contributed by atoms with van der Waals surface area (Å²) in [6.45, 7) is 10.3. The maximum absolute atomic E-state index is 11.4. The van der Waals surface area contributed by atoms with Gasteiger partial charge >= 0.3 is 0 Å². The van der Waals surface area contributed by atoms with Gasteiger partial charge in [0.2, 0.25) is 10.0 Å². The van der Waals surface area contributed by atoms with E-state index in [-0.39, 0.29) is 10.3 Å². The summed E-state index contributed by atoms with van der Waals surface area (Å²) in [7, 11) is -3.70. The molecule has 1 aromatic rings. The summed E-state index contributed by atoms with van der Waals surface area (Å²) in [6.07, 6.45) is 3.61. The number of unbranched alkanes of at least 4 members (excludes halogenated alkanes) is 1. The number of sulfonamides is 1. The summed E-state index contributed by atoms with van der Waals surface area (Å²) < 4.78 is 28.6. The quantitative estimate of drug-likeness (QED) is 0.648. The van der Waals surface area contributed by atoms with Crippen LogP contribution in [0, 0.1) is 0 Å². The Balaban J connectivity index is 3.08. The third kappa shape index (κ3) is 4.65. The van der Waals surface area contributed by atoms with Gasteiger partial charge in [-0.1, -0.05) is 26.8 Å². The van der Waals surface area contributed by atoms with Crippen molar-refractivity contribution in [1.29, 1.82) is 0 Å². The second kappa shape index (κ2) is 6.41. The zero-order chi connectivity index (χ0) is 15.4. The second-order valence-corrected chi connectivity index (χ2v) is 7.29. The van der Waals surface area contributed by atoms with Gasteiger partial charge in [0.25, 0.3) is 0 Å². The minimum Gasteiger partial charge on any atom is -0.493 e. The summed E-state index contributed by atoms with van der Waals surface area (Å²) in [6, 6.07) is 4.75. The lowest BCUT2D eigenvalue weighted by Gasteiger charge is -2.23. The highest BCUT2D eigenvalue weighted by atomic mass is 32.2. The van der Waals surface area contributed by atoms with Crippen LogP contribution in [0.1, 0.15) is 39.2 Å². The first kappa shape index (κ1) is 16.7. The Labute approximate surface area is 121 Å². The van der Waals surface area contributed by atoms with Crippen LogP contribution in [0.5, 0.6) is 5.75 Å². The minimum atomic E-state index is -3.70. The highest BCUT2D eigenvalue weighted by molar-refractivity contribution is 7.89. The molecule has 0 unspecified atom stereocenters. The second-order valence-electron chi connectivity index (χ2n) is 5.73. The van der Waals surface area contributed by atoms with Crippen molar-refractivity contribution in [2.24, 2.45) is 5.14 Å². The Morgan fingerprint density at radius 3 is 2.50 bits per heavy atom. The first-order valence-electron chi connectivity index (χ1n) is 6.57. The number of allylic oxidation sites excluding steroid dienone is 1. The summed E-state index contributed by atoms with van der Waals surface area (Å²) in [5.74, 6) is 0.703. The van der Waals surface area contributed by atoms with E-state index in [1.807, 2.05) is 26.8 Å². The van der Waals surface area contributed by atoms with Gasteiger partial charge in [-0.15, -0.1) is 6.58 Å². The lowest BCUT2D eigenvalue weighted by Crippen LogP contribution is -2.17. The Kier molecular flexibility index (Phi) is 5.36. The van der Waals surface area contributed by atoms with Crippen LogP contribution in [0.15, 0.2) is 35.7 Å². The first-order valence-corrected chi connectivity index (χ1v) is 8.12. The zero-order valence-electron chi connectivity index (χ0n) is 12.3. The molecule has 0 heterocycles. The maximum Gasteiger partial charge on any atom is 0.238 e. The van der Waals surface area contributed by atoms with Gasteiger partial charge in [-0.25, -0.2) is 13.6 Å². The highest BCUT2D eigenvalue weighted by Crippen LogP contribution is 2.33. The van der Waals surface area contributed by atoms with Crippen LogP contribution in [0.2, 0.25) is 0 Å². The van der Waals surface area contributed by atoms with Gasteiger partial charge in [-0.3, -0.25) is 0 Å². The van der Waals surface area contributed by atoms with E-state index in [1.165, 1.54) is 6.07 Å². The fraction of sp³-hybridized carbons (Fsp3) is 0.467. The SMILES string of the molecule is C=CCCCOc1ccc(S(N)(=O)=O)cc1C(C)(C)C. The van der Waals surface area contributed by atoms with Crippen molar-refractivity contribution in [3.05, 3.63) is 36.4 Å². The van der Waals surface area contributed by atoms with Crippen LogP contribution in [-0.2, 0) is 15.4 Å². The zero-order valence-corrected chi connectivity index (χ0v) is 13.2. The molecule has 1 aromatic carbocycles. The van der Waals surface area contributed by atoms with Crippen molar-refractivity contribution in [3.63, 3.8) is 0 Å². The molecule has 0 saturated heterocycles. The van der Waals surface area contributed by atoms with E-state index in [4.69, 9.17) is 9.88 Å². The van der Waals surface area contributed by atoms with Gasteiger partial charge in [0.1, 0.15) is 5.75 Å². The molecule has 0 atom stereocenters. The van der Waals surface area contributed by atoms with E-state index in [0.717, 1.165) is 18.4 Å². The van der Waals surface area contributed by atoms with Crippen molar-refractivity contribution in [2.75, 3.05) is 6.61 Å². The maximum atomic E-state index is 11.4. The fourth-order valence-corrected chi connectivity index (χ4v) is 2.35.